The summed E-state index contributed by atoms with van der Waals surface area (Å²) in [4.78, 5) is 33.5. The predicted octanol–water partition coefficient (Wildman–Crippen LogP) is 2.83. The lowest BCUT2D eigenvalue weighted by Gasteiger charge is -2.20. The Morgan fingerprint density at radius 3 is 2.76 bits per heavy atom. The molecule has 0 aromatic heterocycles. The first-order valence-corrected chi connectivity index (χ1v) is 8.46. The van der Waals surface area contributed by atoms with Gasteiger partial charge in [0.1, 0.15) is 6.16 Å². The molecule has 1 N–H and O–H groups in total. The van der Waals surface area contributed by atoms with Crippen molar-refractivity contribution in [2.24, 2.45) is 0 Å². The van der Waals surface area contributed by atoms with Gasteiger partial charge in [-0.25, -0.2) is 0 Å². The first kappa shape index (κ1) is 17.9. The molecule has 0 saturated heterocycles. The molecule has 2 amide bonds. The number of halogens is 1. The molecule has 6 nitrogen and oxygen atoms in total. The third-order valence-corrected chi connectivity index (χ3v) is 4.31. The molecule has 1 aromatic rings. The molecule has 0 heterocycles. The van der Waals surface area contributed by atoms with Crippen molar-refractivity contribution in [3.63, 3.8) is 0 Å². The average molecular weight is 334 g/mol. The number of benzene rings is 1. The standard InChI is InChI=1S/C13H17ClNO5P/c1-3-10(2)20-21(18,19)8-13(17)15(9-16)12-6-4-5-11(14)7-12/h4-7,9-10H,3,8H2,1-2H3,(H,18,19). The third kappa shape index (κ3) is 5.59. The number of nitrogens with zero attached hydrogens (tertiary/aromatic N) is 1. The van der Waals surface area contributed by atoms with E-state index in [-0.39, 0.29) is 12.1 Å². The van der Waals surface area contributed by atoms with Gasteiger partial charge in [0.15, 0.2) is 0 Å². The smallest absolute Gasteiger partial charge is 0.324 e. The van der Waals surface area contributed by atoms with Crippen LogP contribution in [0.2, 0.25) is 5.02 Å². The monoisotopic (exact) mass is 333 g/mol. The van der Waals surface area contributed by atoms with Crippen molar-refractivity contribution < 1.29 is 23.6 Å². The average Bonchev–Trinajstić information content (AvgIpc) is 2.38. The van der Waals surface area contributed by atoms with Gasteiger partial charge in [-0.1, -0.05) is 24.6 Å². The highest BCUT2D eigenvalue weighted by Crippen LogP contribution is 2.43. The molecule has 0 saturated carbocycles. The number of amides is 2. The van der Waals surface area contributed by atoms with Crippen LogP contribution in [-0.4, -0.2) is 29.5 Å². The van der Waals surface area contributed by atoms with E-state index in [1.54, 1.807) is 26.0 Å². The summed E-state index contributed by atoms with van der Waals surface area (Å²) in [5, 5.41) is 0.343. The first-order chi connectivity index (χ1) is 9.79. The summed E-state index contributed by atoms with van der Waals surface area (Å²) in [5.41, 5.74) is 0.228. The summed E-state index contributed by atoms with van der Waals surface area (Å²) >= 11 is 5.79. The number of anilines is 1. The highest BCUT2D eigenvalue weighted by atomic mass is 35.5. The lowest BCUT2D eigenvalue weighted by atomic mass is 10.3. The molecular weight excluding hydrogens is 317 g/mol. The summed E-state index contributed by atoms with van der Waals surface area (Å²) in [6.45, 7) is 3.41. The van der Waals surface area contributed by atoms with Crippen LogP contribution in [0.25, 0.3) is 0 Å². The van der Waals surface area contributed by atoms with Crippen LogP contribution in [0.3, 0.4) is 0 Å². The second-order valence-corrected chi connectivity index (χ2v) is 6.71. The third-order valence-electron chi connectivity index (χ3n) is 2.72. The lowest BCUT2D eigenvalue weighted by Crippen LogP contribution is -2.32. The van der Waals surface area contributed by atoms with Crippen LogP contribution in [0.4, 0.5) is 5.69 Å². The molecule has 116 valence electrons. The predicted molar refractivity (Wildman–Crippen MR) is 80.5 cm³/mol. The molecule has 0 aliphatic heterocycles. The number of hydrogen-bond acceptors (Lipinski definition) is 4. The molecule has 0 aliphatic carbocycles. The van der Waals surface area contributed by atoms with Gasteiger partial charge in [-0.3, -0.25) is 19.1 Å². The maximum Gasteiger partial charge on any atom is 0.337 e. The maximum absolute atomic E-state index is 12.0. The van der Waals surface area contributed by atoms with Crippen molar-refractivity contribution in [1.29, 1.82) is 0 Å². The maximum atomic E-state index is 12.0. The minimum absolute atomic E-state index is 0.228. The van der Waals surface area contributed by atoms with E-state index in [9.17, 15) is 19.0 Å². The van der Waals surface area contributed by atoms with Crippen LogP contribution in [0, 0.1) is 0 Å². The normalized spacial score (nSPS) is 15.0. The number of hydrogen-bond donors (Lipinski definition) is 1. The summed E-state index contributed by atoms with van der Waals surface area (Å²) in [6, 6.07) is 6.05. The van der Waals surface area contributed by atoms with Crippen LogP contribution in [0.1, 0.15) is 20.3 Å². The van der Waals surface area contributed by atoms with Gasteiger partial charge in [-0.2, -0.15) is 0 Å². The largest absolute Gasteiger partial charge is 0.337 e. The summed E-state index contributed by atoms with van der Waals surface area (Å²) in [7, 11) is -4.10. The van der Waals surface area contributed by atoms with Gasteiger partial charge in [0, 0.05) is 5.02 Å². The van der Waals surface area contributed by atoms with Crippen molar-refractivity contribution >= 4 is 37.2 Å². The van der Waals surface area contributed by atoms with Crippen LogP contribution in [-0.2, 0) is 18.7 Å². The Hall–Kier alpha value is -1.20. The van der Waals surface area contributed by atoms with Crippen LogP contribution in [0.5, 0.6) is 0 Å². The van der Waals surface area contributed by atoms with Crippen molar-refractivity contribution in [2.75, 3.05) is 11.1 Å². The molecule has 21 heavy (non-hydrogen) atoms. The van der Waals surface area contributed by atoms with Gasteiger partial charge < -0.3 is 9.42 Å². The van der Waals surface area contributed by atoms with E-state index in [0.29, 0.717) is 11.4 Å². The minimum Gasteiger partial charge on any atom is -0.324 e. The molecular formula is C13H17ClNO5P. The molecule has 0 bridgehead atoms. The number of rotatable bonds is 7. The molecule has 2 atom stereocenters. The Balaban J connectivity index is 2.85. The van der Waals surface area contributed by atoms with E-state index in [4.69, 9.17) is 16.1 Å². The van der Waals surface area contributed by atoms with E-state index in [2.05, 4.69) is 0 Å². The fourth-order valence-corrected chi connectivity index (χ4v) is 2.99. The van der Waals surface area contributed by atoms with Gasteiger partial charge >= 0.3 is 7.60 Å². The van der Waals surface area contributed by atoms with Crippen LogP contribution >= 0.6 is 19.2 Å². The van der Waals surface area contributed by atoms with Gasteiger partial charge in [-0.05, 0) is 31.5 Å². The van der Waals surface area contributed by atoms with E-state index >= 15 is 0 Å². The molecule has 0 fully saturated rings. The second kappa shape index (κ2) is 7.71. The molecule has 1 rings (SSSR count). The molecule has 8 heteroatoms. The van der Waals surface area contributed by atoms with Crippen molar-refractivity contribution in [1.82, 2.24) is 0 Å². The molecule has 1 aromatic carbocycles. The second-order valence-electron chi connectivity index (χ2n) is 4.47. The summed E-state index contributed by atoms with van der Waals surface area (Å²) < 4.78 is 16.8. The summed E-state index contributed by atoms with van der Waals surface area (Å²) in [5.74, 6) is -0.832. The quantitative estimate of drug-likeness (QED) is 0.612. The number of carbonyl (C=O) groups excluding carboxylic acids is 2. The Bertz CT molecular complexity index is 565. The summed E-state index contributed by atoms with van der Waals surface area (Å²) in [6.07, 6.45) is -0.422. The van der Waals surface area contributed by atoms with E-state index in [1.807, 2.05) is 0 Å². The van der Waals surface area contributed by atoms with Gasteiger partial charge in [0.05, 0.1) is 11.8 Å². The highest BCUT2D eigenvalue weighted by Gasteiger charge is 2.29. The Labute approximate surface area is 128 Å². The van der Waals surface area contributed by atoms with E-state index in [0.717, 1.165) is 4.90 Å². The minimum atomic E-state index is -4.10. The molecule has 2 unspecified atom stereocenters. The van der Waals surface area contributed by atoms with Crippen molar-refractivity contribution in [3.05, 3.63) is 29.3 Å². The van der Waals surface area contributed by atoms with Crippen LogP contribution < -0.4 is 4.90 Å². The Morgan fingerprint density at radius 2 is 2.24 bits per heavy atom. The zero-order valence-corrected chi connectivity index (χ0v) is 13.4. The Kier molecular flexibility index (Phi) is 6.55. The van der Waals surface area contributed by atoms with Crippen molar-refractivity contribution in [2.45, 2.75) is 26.4 Å². The topological polar surface area (TPSA) is 83.9 Å². The number of carbonyl (C=O) groups is 2. The molecule has 0 aliphatic rings. The van der Waals surface area contributed by atoms with Gasteiger partial charge in [-0.15, -0.1) is 0 Å². The lowest BCUT2D eigenvalue weighted by molar-refractivity contribution is -0.120. The SMILES string of the molecule is CCC(C)OP(=O)(O)CC(=O)N(C=O)c1cccc(Cl)c1. The number of imide groups is 1. The zero-order chi connectivity index (χ0) is 16.0. The fourth-order valence-electron chi connectivity index (χ4n) is 1.53. The Morgan fingerprint density at radius 1 is 1.57 bits per heavy atom. The van der Waals surface area contributed by atoms with E-state index in [1.165, 1.54) is 12.1 Å². The zero-order valence-electron chi connectivity index (χ0n) is 11.7. The van der Waals surface area contributed by atoms with Gasteiger partial charge in [0.2, 0.25) is 12.3 Å². The van der Waals surface area contributed by atoms with Crippen molar-refractivity contribution in [3.8, 4) is 0 Å². The van der Waals surface area contributed by atoms with E-state index < -0.39 is 25.8 Å². The van der Waals surface area contributed by atoms with Gasteiger partial charge in [0.25, 0.3) is 0 Å². The van der Waals surface area contributed by atoms with Crippen LogP contribution in [0.15, 0.2) is 24.3 Å². The highest BCUT2D eigenvalue weighted by molar-refractivity contribution is 7.53. The first-order valence-electron chi connectivity index (χ1n) is 6.32. The fraction of sp³-hybridized carbons (Fsp3) is 0.385. The molecule has 0 spiro atoms. The molecule has 0 radical (unpaired) electrons.